The van der Waals surface area contributed by atoms with Crippen LogP contribution in [0.3, 0.4) is 0 Å². The fraction of sp³-hybridized carbons (Fsp3) is 0.400. The molecule has 0 bridgehead atoms. The summed E-state index contributed by atoms with van der Waals surface area (Å²) in [5, 5.41) is 56.0. The van der Waals surface area contributed by atoms with E-state index >= 15 is 0 Å². The number of morpholine rings is 1. The maximum Gasteiger partial charge on any atom is 0.306 e. The Morgan fingerprint density at radius 2 is 1.72 bits per heavy atom. The van der Waals surface area contributed by atoms with Gasteiger partial charge in [0.25, 0.3) is 29.2 Å². The molecule has 0 aliphatic carbocycles. The highest BCUT2D eigenvalue weighted by atomic mass is 19.1. The topological polar surface area (TPSA) is 192 Å². The van der Waals surface area contributed by atoms with E-state index in [1.165, 1.54) is 23.5 Å². The largest absolute Gasteiger partial charge is 0.381 e. The number of hydrogen-bond donors (Lipinski definition) is 7. The highest BCUT2D eigenvalue weighted by Gasteiger charge is 2.76. The summed E-state index contributed by atoms with van der Waals surface area (Å²) < 4.78 is 20.2. The lowest BCUT2D eigenvalue weighted by Crippen LogP contribution is -2.85. The van der Waals surface area contributed by atoms with Gasteiger partial charge in [0.15, 0.2) is 0 Å². The number of nitrogens with zero attached hydrogens (tertiary/aromatic N) is 2. The van der Waals surface area contributed by atoms with Crippen molar-refractivity contribution < 1.29 is 49.0 Å². The van der Waals surface area contributed by atoms with Crippen molar-refractivity contribution in [1.29, 1.82) is 0 Å². The maximum absolute atomic E-state index is 14.9. The van der Waals surface area contributed by atoms with Crippen molar-refractivity contribution in [3.8, 4) is 0 Å². The van der Waals surface area contributed by atoms with E-state index in [1.807, 2.05) is 6.07 Å². The minimum atomic E-state index is -4.18. The van der Waals surface area contributed by atoms with E-state index in [0.717, 1.165) is 18.7 Å². The predicted molar refractivity (Wildman–Crippen MR) is 129 cm³/mol. The van der Waals surface area contributed by atoms with Crippen LogP contribution in [0.4, 0.5) is 10.1 Å². The molecule has 13 nitrogen and oxygen atoms in total. The summed E-state index contributed by atoms with van der Waals surface area (Å²) in [4.78, 5) is 39.9. The summed E-state index contributed by atoms with van der Waals surface area (Å²) >= 11 is 0. The summed E-state index contributed by atoms with van der Waals surface area (Å²) in [6.45, 7) is 2.79. The Morgan fingerprint density at radius 3 is 2.41 bits per heavy atom. The van der Waals surface area contributed by atoms with Gasteiger partial charge in [-0.25, -0.2) is 4.39 Å². The number of imide groups is 1. The first-order valence-corrected chi connectivity index (χ1v) is 12.1. The number of amides is 3. The fourth-order valence-corrected chi connectivity index (χ4v) is 4.95. The number of halogens is 1. The van der Waals surface area contributed by atoms with Crippen LogP contribution in [0.2, 0.25) is 0 Å². The van der Waals surface area contributed by atoms with Crippen LogP contribution >= 0.6 is 0 Å². The number of rotatable bonds is 6. The van der Waals surface area contributed by atoms with Gasteiger partial charge < -0.3 is 35.6 Å². The van der Waals surface area contributed by atoms with E-state index in [-0.39, 0.29) is 17.7 Å². The molecule has 3 aliphatic rings. The van der Waals surface area contributed by atoms with Crippen LogP contribution in [-0.2, 0) is 34.0 Å². The monoisotopic (exact) mass is 546 g/mol. The van der Waals surface area contributed by atoms with Crippen LogP contribution in [-0.4, -0.2) is 96.7 Å². The van der Waals surface area contributed by atoms with E-state index in [9.17, 15) is 44.3 Å². The summed E-state index contributed by atoms with van der Waals surface area (Å²) in [5.41, 5.74) is -2.04. The number of fused-ring (bicyclic) bond motifs is 1. The van der Waals surface area contributed by atoms with Gasteiger partial charge in [0.1, 0.15) is 5.82 Å². The van der Waals surface area contributed by atoms with Crippen LogP contribution < -0.4 is 10.6 Å². The molecule has 3 heterocycles. The molecule has 14 heteroatoms. The highest BCUT2D eigenvalue weighted by molar-refractivity contribution is 6.10. The van der Waals surface area contributed by atoms with Crippen LogP contribution in [0.15, 0.2) is 36.4 Å². The average molecular weight is 547 g/mol. The molecule has 39 heavy (non-hydrogen) atoms. The van der Waals surface area contributed by atoms with Crippen molar-refractivity contribution in [2.24, 2.45) is 0 Å². The summed E-state index contributed by atoms with van der Waals surface area (Å²) in [5.74, 6) is -13.3. The number of aliphatic hydroxyl groups is 5. The van der Waals surface area contributed by atoms with E-state index in [0.29, 0.717) is 35.9 Å². The van der Waals surface area contributed by atoms with Gasteiger partial charge in [0, 0.05) is 48.6 Å². The van der Waals surface area contributed by atoms with Crippen LogP contribution in [0.1, 0.15) is 27.0 Å². The first kappa shape index (κ1) is 27.1. The van der Waals surface area contributed by atoms with Crippen molar-refractivity contribution in [2.75, 3.05) is 31.6 Å². The molecular formula is C25H27FN4O9. The Bertz CT molecular complexity index is 1340. The fourth-order valence-electron chi connectivity index (χ4n) is 4.95. The molecule has 0 radical (unpaired) electrons. The van der Waals surface area contributed by atoms with Crippen molar-refractivity contribution in [1.82, 2.24) is 15.1 Å². The van der Waals surface area contributed by atoms with Gasteiger partial charge in [-0.15, -0.1) is 0 Å². The molecular weight excluding hydrogens is 519 g/mol. The molecule has 1 atom stereocenters. The minimum absolute atomic E-state index is 0.00783. The van der Waals surface area contributed by atoms with Crippen LogP contribution in [0.5, 0.6) is 0 Å². The molecule has 7 N–H and O–H groups in total. The number of carbonyl (C=O) groups excluding carboxylic acids is 3. The summed E-state index contributed by atoms with van der Waals surface area (Å²) in [6, 6.07) is 9.28. The Hall–Kier alpha value is -3.50. The zero-order chi connectivity index (χ0) is 28.2. The van der Waals surface area contributed by atoms with E-state index in [4.69, 9.17) is 4.74 Å². The number of nitrogens with one attached hydrogen (secondary N) is 2. The SMILES string of the molecule is O=C1c2cccc(NCc3ccc(CN4CCOCC4)cc3F)c2CN1C1(O)C(=O)NC(=O)C(O)(O)C1(O)O. The van der Waals surface area contributed by atoms with E-state index in [2.05, 4.69) is 10.2 Å². The molecule has 3 amide bonds. The van der Waals surface area contributed by atoms with Gasteiger partial charge >= 0.3 is 5.79 Å². The molecule has 1 unspecified atom stereocenters. The van der Waals surface area contributed by atoms with Crippen LogP contribution in [0.25, 0.3) is 0 Å². The number of hydrogen-bond acceptors (Lipinski definition) is 11. The number of carbonyl (C=O) groups is 3. The molecule has 0 spiro atoms. The smallest absolute Gasteiger partial charge is 0.306 e. The molecule has 2 fully saturated rings. The molecule has 208 valence electrons. The van der Waals surface area contributed by atoms with Crippen molar-refractivity contribution in [2.45, 2.75) is 36.9 Å². The normalized spacial score (nSPS) is 24.5. The first-order valence-electron chi connectivity index (χ1n) is 12.1. The molecule has 2 aromatic rings. The van der Waals surface area contributed by atoms with Gasteiger partial charge in [-0.1, -0.05) is 18.2 Å². The highest BCUT2D eigenvalue weighted by Crippen LogP contribution is 2.42. The van der Waals surface area contributed by atoms with Gasteiger partial charge in [0.2, 0.25) is 0 Å². The molecule has 2 saturated heterocycles. The Labute approximate surface area is 221 Å². The van der Waals surface area contributed by atoms with Gasteiger partial charge in [-0.2, -0.15) is 0 Å². The second kappa shape index (κ2) is 9.60. The molecule has 3 aliphatic heterocycles. The zero-order valence-corrected chi connectivity index (χ0v) is 20.6. The van der Waals surface area contributed by atoms with Crippen molar-refractivity contribution >= 4 is 23.4 Å². The number of ether oxygens (including phenoxy) is 1. The van der Waals surface area contributed by atoms with Crippen molar-refractivity contribution in [3.05, 3.63) is 64.5 Å². The third-order valence-electron chi connectivity index (χ3n) is 7.29. The second-order valence-corrected chi connectivity index (χ2v) is 9.69. The third kappa shape index (κ3) is 4.26. The Kier molecular flexibility index (Phi) is 6.67. The summed E-state index contributed by atoms with van der Waals surface area (Å²) in [7, 11) is 0. The lowest BCUT2D eigenvalue weighted by Gasteiger charge is -2.50. The standard InChI is InChI=1S/C25H27FN4O9/c26-18-10-14(12-29-6-8-39-9-7-29)4-5-15(18)11-27-19-3-1-2-16-17(19)13-30(20(16)31)23(34)21(32)28-22(33)24(35,36)25(23,37)38/h1-5,10,27,34-38H,6-9,11-13H2,(H,28,32,33). The summed E-state index contributed by atoms with van der Waals surface area (Å²) in [6.07, 6.45) is 0. The van der Waals surface area contributed by atoms with E-state index in [1.54, 1.807) is 12.1 Å². The number of anilines is 1. The Morgan fingerprint density at radius 1 is 1.00 bits per heavy atom. The molecule has 5 rings (SSSR count). The van der Waals surface area contributed by atoms with Gasteiger partial charge in [0.05, 0.1) is 19.8 Å². The first-order chi connectivity index (χ1) is 18.4. The lowest BCUT2D eigenvalue weighted by molar-refractivity contribution is -0.407. The van der Waals surface area contributed by atoms with E-state index < -0.39 is 47.4 Å². The quantitative estimate of drug-likeness (QED) is 0.156. The minimum Gasteiger partial charge on any atom is -0.381 e. The predicted octanol–water partition coefficient (Wildman–Crippen LogP) is -2.07. The van der Waals surface area contributed by atoms with Crippen molar-refractivity contribution in [3.63, 3.8) is 0 Å². The second-order valence-electron chi connectivity index (χ2n) is 9.69. The lowest BCUT2D eigenvalue weighted by atomic mass is 9.86. The molecule has 0 saturated carbocycles. The zero-order valence-electron chi connectivity index (χ0n) is 20.6. The number of piperidine rings is 1. The average Bonchev–Trinajstić information content (AvgIpc) is 3.24. The third-order valence-corrected chi connectivity index (χ3v) is 7.29. The maximum atomic E-state index is 14.9. The van der Waals surface area contributed by atoms with Gasteiger partial charge in [-0.3, -0.25) is 29.5 Å². The Balaban J connectivity index is 1.35. The molecule has 0 aromatic heterocycles. The number of benzene rings is 2. The molecule has 2 aromatic carbocycles. The van der Waals surface area contributed by atoms with Crippen LogP contribution in [0, 0.1) is 5.82 Å². The van der Waals surface area contributed by atoms with Gasteiger partial charge in [-0.05, 0) is 23.8 Å².